The summed E-state index contributed by atoms with van der Waals surface area (Å²) >= 11 is 0. The zero-order valence-corrected chi connectivity index (χ0v) is 13.7. The Balaban J connectivity index is 1.57. The van der Waals surface area contributed by atoms with Crippen LogP contribution in [0.25, 0.3) is 10.9 Å². The molecule has 2 aromatic heterocycles. The quantitative estimate of drug-likeness (QED) is 0.684. The molecule has 9 heteroatoms. The average molecular weight is 374 g/mol. The van der Waals surface area contributed by atoms with E-state index < -0.39 is 30.0 Å². The van der Waals surface area contributed by atoms with Crippen LogP contribution in [0, 0.1) is 0 Å². The lowest BCUT2D eigenvalue weighted by atomic mass is 10.2. The monoisotopic (exact) mass is 374 g/mol. The number of nitrogens with one attached hydrogen (secondary N) is 2. The molecule has 0 radical (unpaired) electrons. The van der Waals surface area contributed by atoms with E-state index in [0.29, 0.717) is 17.5 Å². The molecule has 0 atom stereocenters. The molecule has 6 nitrogen and oxygen atoms in total. The molecule has 0 aliphatic heterocycles. The third kappa shape index (κ3) is 4.78. The van der Waals surface area contributed by atoms with Crippen LogP contribution in [0.3, 0.4) is 0 Å². The van der Waals surface area contributed by atoms with Gasteiger partial charge in [-0.25, -0.2) is 9.97 Å². The molecular formula is C18H13F3N4O2. The molecule has 27 heavy (non-hydrogen) atoms. The topological polar surface area (TPSA) is 84.0 Å². The first-order valence-electron chi connectivity index (χ1n) is 7.80. The number of nitrogens with zero attached hydrogens (tertiary/aromatic N) is 2. The van der Waals surface area contributed by atoms with Crippen LogP contribution in [0.5, 0.6) is 0 Å². The first-order valence-corrected chi connectivity index (χ1v) is 7.80. The predicted molar refractivity (Wildman–Crippen MR) is 92.9 cm³/mol. The Morgan fingerprint density at radius 3 is 2.22 bits per heavy atom. The average Bonchev–Trinajstić information content (AvgIpc) is 2.61. The van der Waals surface area contributed by atoms with Crippen LogP contribution in [0.1, 0.15) is 12.0 Å². The van der Waals surface area contributed by atoms with Crippen molar-refractivity contribution in [3.63, 3.8) is 0 Å². The Bertz CT molecular complexity index is 988. The summed E-state index contributed by atoms with van der Waals surface area (Å²) in [5, 5.41) is 5.67. The highest BCUT2D eigenvalue weighted by molar-refractivity contribution is 6.07. The van der Waals surface area contributed by atoms with Gasteiger partial charge in [0, 0.05) is 11.6 Å². The van der Waals surface area contributed by atoms with Gasteiger partial charge in [-0.15, -0.1) is 0 Å². The van der Waals surface area contributed by atoms with Crippen molar-refractivity contribution in [2.45, 2.75) is 12.6 Å². The van der Waals surface area contributed by atoms with Gasteiger partial charge < -0.3 is 10.6 Å². The molecule has 2 amide bonds. The van der Waals surface area contributed by atoms with Crippen molar-refractivity contribution < 1.29 is 22.8 Å². The predicted octanol–water partition coefficient (Wildman–Crippen LogP) is 3.62. The fourth-order valence-electron chi connectivity index (χ4n) is 2.29. The minimum Gasteiger partial charge on any atom is -0.310 e. The Hall–Kier alpha value is -3.49. The Kier molecular flexibility index (Phi) is 5.02. The minimum atomic E-state index is -4.51. The number of pyridine rings is 2. The normalized spacial score (nSPS) is 11.2. The number of para-hydroxylation sites is 1. The van der Waals surface area contributed by atoms with Gasteiger partial charge in [0.15, 0.2) is 0 Å². The Labute approximate surface area is 151 Å². The third-order valence-corrected chi connectivity index (χ3v) is 3.55. The van der Waals surface area contributed by atoms with Crippen molar-refractivity contribution in [3.05, 3.63) is 60.3 Å². The lowest BCUT2D eigenvalue weighted by Crippen LogP contribution is -2.22. The number of aromatic nitrogens is 2. The summed E-state index contributed by atoms with van der Waals surface area (Å²) in [6.45, 7) is 0. The van der Waals surface area contributed by atoms with Crippen molar-refractivity contribution in [2.75, 3.05) is 10.6 Å². The molecule has 0 aliphatic carbocycles. The number of carbonyl (C=O) groups is 2. The molecule has 0 aliphatic rings. The van der Waals surface area contributed by atoms with E-state index in [-0.39, 0.29) is 5.82 Å². The number of hydrogen-bond acceptors (Lipinski definition) is 4. The summed E-state index contributed by atoms with van der Waals surface area (Å²) < 4.78 is 37.4. The number of alkyl halides is 3. The van der Waals surface area contributed by atoms with Crippen molar-refractivity contribution in [3.8, 4) is 0 Å². The number of carbonyl (C=O) groups excluding carboxylic acids is 2. The van der Waals surface area contributed by atoms with Crippen molar-refractivity contribution in [2.24, 2.45) is 0 Å². The second-order valence-corrected chi connectivity index (χ2v) is 5.59. The van der Waals surface area contributed by atoms with Crippen LogP contribution in [-0.4, -0.2) is 21.8 Å². The van der Waals surface area contributed by atoms with Crippen LogP contribution in [0.15, 0.2) is 54.7 Å². The van der Waals surface area contributed by atoms with E-state index in [0.717, 1.165) is 17.5 Å². The molecule has 2 heterocycles. The maximum atomic E-state index is 12.5. The third-order valence-electron chi connectivity index (χ3n) is 3.55. The van der Waals surface area contributed by atoms with Crippen LogP contribution in [-0.2, 0) is 15.8 Å². The second-order valence-electron chi connectivity index (χ2n) is 5.59. The van der Waals surface area contributed by atoms with Crippen molar-refractivity contribution in [1.82, 2.24) is 9.97 Å². The van der Waals surface area contributed by atoms with Crippen molar-refractivity contribution >= 4 is 34.4 Å². The van der Waals surface area contributed by atoms with E-state index in [1.165, 1.54) is 0 Å². The molecule has 1 aromatic carbocycles. The summed E-state index contributed by atoms with van der Waals surface area (Å²) in [4.78, 5) is 31.6. The molecule has 0 spiro atoms. The maximum Gasteiger partial charge on any atom is 0.417 e. The van der Waals surface area contributed by atoms with E-state index in [1.807, 2.05) is 18.2 Å². The van der Waals surface area contributed by atoms with Gasteiger partial charge in [0.2, 0.25) is 11.8 Å². The number of halogens is 3. The van der Waals surface area contributed by atoms with Crippen molar-refractivity contribution in [1.29, 1.82) is 0 Å². The van der Waals surface area contributed by atoms with E-state index in [2.05, 4.69) is 20.6 Å². The lowest BCUT2D eigenvalue weighted by molar-refractivity contribution is -0.137. The van der Waals surface area contributed by atoms with Crippen LogP contribution in [0.4, 0.5) is 24.8 Å². The van der Waals surface area contributed by atoms with Gasteiger partial charge in [-0.05, 0) is 30.3 Å². The molecule has 0 saturated carbocycles. The lowest BCUT2D eigenvalue weighted by Gasteiger charge is -2.08. The number of hydrogen-bond donors (Lipinski definition) is 2. The Morgan fingerprint density at radius 2 is 1.56 bits per heavy atom. The molecule has 0 bridgehead atoms. The zero-order chi connectivity index (χ0) is 19.4. The largest absolute Gasteiger partial charge is 0.417 e. The highest BCUT2D eigenvalue weighted by Gasteiger charge is 2.30. The van der Waals surface area contributed by atoms with Gasteiger partial charge in [-0.3, -0.25) is 9.59 Å². The number of fused-ring (bicyclic) bond motifs is 1. The summed E-state index contributed by atoms with van der Waals surface area (Å²) in [7, 11) is 0. The molecule has 0 fully saturated rings. The van der Waals surface area contributed by atoms with Gasteiger partial charge in [0.05, 0.1) is 11.1 Å². The summed E-state index contributed by atoms with van der Waals surface area (Å²) in [6, 6.07) is 12.5. The van der Waals surface area contributed by atoms with E-state index in [1.54, 1.807) is 18.2 Å². The first kappa shape index (κ1) is 18.3. The molecular weight excluding hydrogens is 361 g/mol. The van der Waals surface area contributed by atoms with Crippen LogP contribution in [0.2, 0.25) is 0 Å². The molecule has 0 saturated heterocycles. The van der Waals surface area contributed by atoms with Gasteiger partial charge >= 0.3 is 6.18 Å². The van der Waals surface area contributed by atoms with E-state index >= 15 is 0 Å². The number of benzene rings is 1. The minimum absolute atomic E-state index is 0.0790. The van der Waals surface area contributed by atoms with Crippen LogP contribution >= 0.6 is 0 Å². The second kappa shape index (κ2) is 7.40. The van der Waals surface area contributed by atoms with Crippen LogP contribution < -0.4 is 10.6 Å². The standard InChI is InChI=1S/C18H13F3N4O2/c19-18(20,21)12-6-8-14(22-10-12)24-16(26)9-17(27)25-15-7-5-11-3-1-2-4-13(11)23-15/h1-8,10H,9H2,(H,22,24,26)(H,23,25,27). The number of amides is 2. The number of anilines is 2. The summed E-state index contributed by atoms with van der Waals surface area (Å²) in [6.07, 6.45) is -4.44. The van der Waals surface area contributed by atoms with E-state index in [4.69, 9.17) is 0 Å². The zero-order valence-electron chi connectivity index (χ0n) is 13.7. The van der Waals surface area contributed by atoms with Gasteiger partial charge in [0.1, 0.15) is 18.1 Å². The highest BCUT2D eigenvalue weighted by Crippen LogP contribution is 2.28. The fourth-order valence-corrected chi connectivity index (χ4v) is 2.29. The first-order chi connectivity index (χ1) is 12.8. The smallest absolute Gasteiger partial charge is 0.310 e. The molecule has 3 aromatic rings. The summed E-state index contributed by atoms with van der Waals surface area (Å²) in [5.74, 6) is -1.11. The SMILES string of the molecule is O=C(CC(=O)Nc1ccc2ccccc2n1)Nc1ccc(C(F)(F)F)cn1. The Morgan fingerprint density at radius 1 is 0.889 bits per heavy atom. The molecule has 2 N–H and O–H groups in total. The van der Waals surface area contributed by atoms with Gasteiger partial charge in [-0.2, -0.15) is 13.2 Å². The van der Waals surface area contributed by atoms with E-state index in [9.17, 15) is 22.8 Å². The number of rotatable bonds is 4. The molecule has 3 rings (SSSR count). The van der Waals surface area contributed by atoms with Gasteiger partial charge in [0.25, 0.3) is 0 Å². The highest BCUT2D eigenvalue weighted by atomic mass is 19.4. The fraction of sp³-hybridized carbons (Fsp3) is 0.111. The summed E-state index contributed by atoms with van der Waals surface area (Å²) in [5.41, 5.74) is -0.241. The molecule has 138 valence electrons. The molecule has 0 unspecified atom stereocenters. The van der Waals surface area contributed by atoms with Gasteiger partial charge in [-0.1, -0.05) is 18.2 Å². The maximum absolute atomic E-state index is 12.5.